The van der Waals surface area contributed by atoms with Gasteiger partial charge in [0.1, 0.15) is 0 Å². The van der Waals surface area contributed by atoms with Crippen LogP contribution in [-0.4, -0.2) is 26.1 Å². The van der Waals surface area contributed by atoms with Gasteiger partial charge in [-0.3, -0.25) is 4.79 Å². The Kier molecular flexibility index (Phi) is 3.00. The predicted molar refractivity (Wildman–Crippen MR) is 46.2 cm³/mol. The number of rotatable bonds is 4. The number of carbonyl (C=O) groups is 1. The van der Waals surface area contributed by atoms with Crippen molar-refractivity contribution in [2.24, 2.45) is 5.92 Å². The third-order valence-corrected chi connectivity index (χ3v) is 1.93. The molecule has 13 heavy (non-hydrogen) atoms. The summed E-state index contributed by atoms with van der Waals surface area (Å²) in [5.41, 5.74) is 0.873. The predicted octanol–water partition coefficient (Wildman–Crippen LogP) is 0.561. The number of nitrogens with zero attached hydrogens (tertiary/aromatic N) is 3. The lowest BCUT2D eigenvalue weighted by atomic mass is 10.1. The van der Waals surface area contributed by atoms with E-state index in [0.29, 0.717) is 6.42 Å². The van der Waals surface area contributed by atoms with Gasteiger partial charge in [0.25, 0.3) is 0 Å². The summed E-state index contributed by atoms with van der Waals surface area (Å²) >= 11 is 0. The van der Waals surface area contributed by atoms with Gasteiger partial charge < -0.3 is 5.11 Å². The van der Waals surface area contributed by atoms with E-state index in [4.69, 9.17) is 5.11 Å². The Morgan fingerprint density at radius 3 is 3.00 bits per heavy atom. The van der Waals surface area contributed by atoms with Crippen LogP contribution in [0.25, 0.3) is 0 Å². The summed E-state index contributed by atoms with van der Waals surface area (Å²) in [6.07, 6.45) is 2.10. The molecule has 72 valence electrons. The number of aliphatic carboxylic acids is 1. The minimum atomic E-state index is -0.788. The largest absolute Gasteiger partial charge is 0.481 e. The first-order valence-corrected chi connectivity index (χ1v) is 4.25. The molecule has 0 aromatic carbocycles. The number of aromatic nitrogens is 3. The molecule has 0 aliphatic carbocycles. The van der Waals surface area contributed by atoms with Crippen LogP contribution in [0.2, 0.25) is 0 Å². The number of aryl methyl sites for hydroxylation is 1. The van der Waals surface area contributed by atoms with E-state index >= 15 is 0 Å². The fourth-order valence-electron chi connectivity index (χ4n) is 1.10. The molecule has 5 heteroatoms. The molecule has 1 unspecified atom stereocenters. The molecule has 1 aromatic rings. The monoisotopic (exact) mass is 183 g/mol. The molecule has 0 aliphatic heterocycles. The number of carboxylic acid groups (broad SMARTS) is 1. The summed E-state index contributed by atoms with van der Waals surface area (Å²) in [5.74, 6) is -1.17. The quantitative estimate of drug-likeness (QED) is 0.740. The summed E-state index contributed by atoms with van der Waals surface area (Å²) in [4.78, 5) is 10.6. The molecule has 0 spiro atoms. The molecule has 0 saturated heterocycles. The van der Waals surface area contributed by atoms with E-state index in [0.717, 1.165) is 12.2 Å². The van der Waals surface area contributed by atoms with Gasteiger partial charge in [-0.2, -0.15) is 0 Å². The van der Waals surface area contributed by atoms with Crippen molar-refractivity contribution in [2.75, 3.05) is 0 Å². The summed E-state index contributed by atoms with van der Waals surface area (Å²) in [5, 5.41) is 16.2. The van der Waals surface area contributed by atoms with Gasteiger partial charge in [-0.15, -0.1) is 5.10 Å². The van der Waals surface area contributed by atoms with Crippen LogP contribution in [0.5, 0.6) is 0 Å². The van der Waals surface area contributed by atoms with E-state index in [1.807, 2.05) is 6.92 Å². The van der Waals surface area contributed by atoms with Crippen LogP contribution in [0.1, 0.15) is 19.5 Å². The SMILES string of the molecule is CCn1nncc1CC(C)C(=O)O. The average molecular weight is 183 g/mol. The zero-order valence-corrected chi connectivity index (χ0v) is 7.77. The van der Waals surface area contributed by atoms with E-state index in [1.54, 1.807) is 17.8 Å². The average Bonchev–Trinajstić information content (AvgIpc) is 2.51. The van der Waals surface area contributed by atoms with E-state index in [2.05, 4.69) is 10.3 Å². The Labute approximate surface area is 76.4 Å². The van der Waals surface area contributed by atoms with Gasteiger partial charge in [0.15, 0.2) is 0 Å². The van der Waals surface area contributed by atoms with Crippen molar-refractivity contribution in [1.29, 1.82) is 0 Å². The molecule has 1 aromatic heterocycles. The van der Waals surface area contributed by atoms with Crippen molar-refractivity contribution in [3.8, 4) is 0 Å². The molecule has 0 fully saturated rings. The molecule has 5 nitrogen and oxygen atoms in total. The van der Waals surface area contributed by atoms with Crippen LogP contribution >= 0.6 is 0 Å². The fraction of sp³-hybridized carbons (Fsp3) is 0.625. The maximum absolute atomic E-state index is 10.6. The van der Waals surface area contributed by atoms with Crippen molar-refractivity contribution in [3.05, 3.63) is 11.9 Å². The highest BCUT2D eigenvalue weighted by Gasteiger charge is 2.14. The second kappa shape index (κ2) is 4.02. The lowest BCUT2D eigenvalue weighted by Gasteiger charge is -2.06. The Morgan fingerprint density at radius 2 is 2.46 bits per heavy atom. The van der Waals surface area contributed by atoms with Crippen LogP contribution in [0.15, 0.2) is 6.20 Å². The topological polar surface area (TPSA) is 68.0 Å². The molecule has 1 heterocycles. The van der Waals surface area contributed by atoms with Gasteiger partial charge in [-0.05, 0) is 6.92 Å². The Balaban J connectivity index is 2.68. The van der Waals surface area contributed by atoms with Crippen molar-refractivity contribution in [3.63, 3.8) is 0 Å². The first-order chi connectivity index (χ1) is 6.15. The third-order valence-electron chi connectivity index (χ3n) is 1.93. The zero-order valence-electron chi connectivity index (χ0n) is 7.77. The number of carboxylic acids is 1. The maximum atomic E-state index is 10.6. The van der Waals surface area contributed by atoms with Gasteiger partial charge in [0.2, 0.25) is 0 Å². The van der Waals surface area contributed by atoms with E-state index in [1.165, 1.54) is 0 Å². The first-order valence-electron chi connectivity index (χ1n) is 4.25. The zero-order chi connectivity index (χ0) is 9.84. The molecular weight excluding hydrogens is 170 g/mol. The van der Waals surface area contributed by atoms with Crippen LogP contribution in [0.4, 0.5) is 0 Å². The summed E-state index contributed by atoms with van der Waals surface area (Å²) in [6, 6.07) is 0. The minimum absolute atomic E-state index is 0.385. The summed E-state index contributed by atoms with van der Waals surface area (Å²) in [6.45, 7) is 4.35. The minimum Gasteiger partial charge on any atom is -0.481 e. The second-order valence-electron chi connectivity index (χ2n) is 2.98. The molecule has 0 amide bonds. The van der Waals surface area contributed by atoms with Crippen LogP contribution in [-0.2, 0) is 17.8 Å². The van der Waals surface area contributed by atoms with E-state index in [-0.39, 0.29) is 5.92 Å². The molecule has 1 rings (SSSR count). The highest BCUT2D eigenvalue weighted by Crippen LogP contribution is 2.06. The van der Waals surface area contributed by atoms with Gasteiger partial charge in [-0.1, -0.05) is 12.1 Å². The van der Waals surface area contributed by atoms with Gasteiger partial charge >= 0.3 is 5.97 Å². The van der Waals surface area contributed by atoms with Gasteiger partial charge in [0, 0.05) is 13.0 Å². The third kappa shape index (κ3) is 2.27. The van der Waals surface area contributed by atoms with Crippen molar-refractivity contribution in [1.82, 2.24) is 15.0 Å². The molecule has 1 N–H and O–H groups in total. The highest BCUT2D eigenvalue weighted by molar-refractivity contribution is 5.69. The van der Waals surface area contributed by atoms with E-state index in [9.17, 15) is 4.79 Å². The van der Waals surface area contributed by atoms with Crippen molar-refractivity contribution < 1.29 is 9.90 Å². The molecule has 0 aliphatic rings. The lowest BCUT2D eigenvalue weighted by Crippen LogP contribution is -2.15. The molecular formula is C8H13N3O2. The molecule has 1 atom stereocenters. The number of hydrogen-bond donors (Lipinski definition) is 1. The van der Waals surface area contributed by atoms with Crippen molar-refractivity contribution in [2.45, 2.75) is 26.8 Å². The molecule has 0 saturated carbocycles. The van der Waals surface area contributed by atoms with E-state index < -0.39 is 5.97 Å². The standard InChI is InChI=1S/C8H13N3O2/c1-3-11-7(5-9-10-11)4-6(2)8(12)13/h5-6H,3-4H2,1-2H3,(H,12,13). The fourth-order valence-corrected chi connectivity index (χ4v) is 1.10. The Morgan fingerprint density at radius 1 is 1.77 bits per heavy atom. The maximum Gasteiger partial charge on any atom is 0.306 e. The molecule has 0 bridgehead atoms. The van der Waals surface area contributed by atoms with Crippen molar-refractivity contribution >= 4 is 5.97 Å². The molecule has 0 radical (unpaired) electrons. The second-order valence-corrected chi connectivity index (χ2v) is 2.98. The highest BCUT2D eigenvalue weighted by atomic mass is 16.4. The Hall–Kier alpha value is -1.39. The number of hydrogen-bond acceptors (Lipinski definition) is 3. The van der Waals surface area contributed by atoms with Gasteiger partial charge in [-0.25, -0.2) is 4.68 Å². The lowest BCUT2D eigenvalue weighted by molar-refractivity contribution is -0.141. The van der Waals surface area contributed by atoms with Gasteiger partial charge in [0.05, 0.1) is 17.8 Å². The van der Waals surface area contributed by atoms with Crippen LogP contribution in [0.3, 0.4) is 0 Å². The smallest absolute Gasteiger partial charge is 0.306 e. The first kappa shape index (κ1) is 9.70. The van der Waals surface area contributed by atoms with Crippen LogP contribution in [0, 0.1) is 5.92 Å². The Bertz CT molecular complexity index is 295. The van der Waals surface area contributed by atoms with Crippen LogP contribution < -0.4 is 0 Å². The normalized spacial score (nSPS) is 12.8. The summed E-state index contributed by atoms with van der Waals surface area (Å²) < 4.78 is 1.71. The summed E-state index contributed by atoms with van der Waals surface area (Å²) in [7, 11) is 0.